The molecule has 1 aromatic heterocycles. The fraction of sp³-hybridized carbons (Fsp3) is 0.571. The lowest BCUT2D eigenvalue weighted by Crippen LogP contribution is -2.32. The number of amides is 1. The zero-order chi connectivity index (χ0) is 15.3. The number of aliphatic carboxylic acids is 1. The molecule has 7 heteroatoms. The topological polar surface area (TPSA) is 112 Å². The Morgan fingerprint density at radius 1 is 1.24 bits per heavy atom. The van der Waals surface area contributed by atoms with Crippen molar-refractivity contribution >= 4 is 17.7 Å². The lowest BCUT2D eigenvalue weighted by molar-refractivity contribution is -0.140. The Morgan fingerprint density at radius 2 is 1.95 bits per heavy atom. The van der Waals surface area contributed by atoms with E-state index in [1.54, 1.807) is 0 Å². The van der Waals surface area contributed by atoms with Crippen LogP contribution >= 0.6 is 0 Å². The summed E-state index contributed by atoms with van der Waals surface area (Å²) < 4.78 is 0. The van der Waals surface area contributed by atoms with E-state index >= 15 is 0 Å². The van der Waals surface area contributed by atoms with E-state index in [-0.39, 0.29) is 30.1 Å². The van der Waals surface area contributed by atoms with Crippen LogP contribution in [-0.2, 0) is 9.59 Å². The van der Waals surface area contributed by atoms with Gasteiger partial charge in [0.25, 0.3) is 5.56 Å². The minimum absolute atomic E-state index is 0.0134. The van der Waals surface area contributed by atoms with Crippen molar-refractivity contribution in [1.82, 2.24) is 10.2 Å². The van der Waals surface area contributed by atoms with Crippen molar-refractivity contribution in [1.29, 1.82) is 0 Å². The van der Waals surface area contributed by atoms with Crippen LogP contribution in [0.2, 0.25) is 0 Å². The number of carbonyl (C=O) groups excluding carboxylic acids is 1. The average Bonchev–Trinajstić information content (AvgIpc) is 2.41. The largest absolute Gasteiger partial charge is 0.481 e. The lowest BCUT2D eigenvalue weighted by Gasteiger charge is -2.35. The number of aromatic amines is 1. The quantitative estimate of drug-likeness (QED) is 0.762. The van der Waals surface area contributed by atoms with Gasteiger partial charge in [-0.05, 0) is 24.3 Å². The van der Waals surface area contributed by atoms with E-state index in [0.717, 1.165) is 32.1 Å². The molecular formula is C14H19N3O4. The van der Waals surface area contributed by atoms with Gasteiger partial charge in [-0.2, -0.15) is 5.10 Å². The number of H-pyrrole nitrogens is 1. The fourth-order valence-corrected chi connectivity index (χ4v) is 2.98. The lowest BCUT2D eigenvalue weighted by atomic mass is 9.69. The molecule has 0 saturated heterocycles. The summed E-state index contributed by atoms with van der Waals surface area (Å²) >= 11 is 0. The maximum Gasteiger partial charge on any atom is 0.303 e. The first-order chi connectivity index (χ1) is 9.99. The van der Waals surface area contributed by atoms with Crippen molar-refractivity contribution in [2.45, 2.75) is 44.9 Å². The molecule has 1 aliphatic rings. The van der Waals surface area contributed by atoms with Gasteiger partial charge in [-0.15, -0.1) is 0 Å². The zero-order valence-electron chi connectivity index (χ0n) is 11.7. The first-order valence-electron chi connectivity index (χ1n) is 7.07. The summed E-state index contributed by atoms with van der Waals surface area (Å²) in [6.07, 6.45) is 4.69. The highest BCUT2D eigenvalue weighted by molar-refractivity contribution is 5.90. The standard InChI is InChI=1S/C14H19N3O4/c18-11-5-4-10(16-17-11)15-12(19)8-14(9-13(20)21)6-2-1-3-7-14/h4-5H,1-3,6-9H2,(H,17,18)(H,20,21)(H,15,16,19). The Bertz CT molecular complexity index is 555. The van der Waals surface area contributed by atoms with Crippen molar-refractivity contribution in [2.24, 2.45) is 5.41 Å². The van der Waals surface area contributed by atoms with E-state index < -0.39 is 11.4 Å². The predicted molar refractivity (Wildman–Crippen MR) is 75.9 cm³/mol. The third-order valence-electron chi connectivity index (χ3n) is 3.92. The maximum absolute atomic E-state index is 12.1. The third-order valence-corrected chi connectivity index (χ3v) is 3.92. The van der Waals surface area contributed by atoms with Crippen LogP contribution in [0.25, 0.3) is 0 Å². The Labute approximate surface area is 121 Å². The molecule has 7 nitrogen and oxygen atoms in total. The van der Waals surface area contributed by atoms with Crippen LogP contribution in [0, 0.1) is 5.41 Å². The summed E-state index contributed by atoms with van der Waals surface area (Å²) in [5.74, 6) is -0.870. The monoisotopic (exact) mass is 293 g/mol. The summed E-state index contributed by atoms with van der Waals surface area (Å²) in [5, 5.41) is 17.6. The fourth-order valence-electron chi connectivity index (χ4n) is 2.98. The van der Waals surface area contributed by atoms with E-state index in [9.17, 15) is 14.4 Å². The van der Waals surface area contributed by atoms with Crippen LogP contribution in [0.4, 0.5) is 5.82 Å². The summed E-state index contributed by atoms with van der Waals surface area (Å²) in [5.41, 5.74) is -0.807. The molecule has 0 radical (unpaired) electrons. The van der Waals surface area contributed by atoms with Crippen LogP contribution in [0.3, 0.4) is 0 Å². The molecule has 0 unspecified atom stereocenters. The molecule has 21 heavy (non-hydrogen) atoms. The van der Waals surface area contributed by atoms with Crippen LogP contribution in [-0.4, -0.2) is 27.2 Å². The number of anilines is 1. The maximum atomic E-state index is 12.1. The number of hydrogen-bond donors (Lipinski definition) is 3. The molecule has 0 atom stereocenters. The van der Waals surface area contributed by atoms with Crippen LogP contribution < -0.4 is 10.9 Å². The van der Waals surface area contributed by atoms with Crippen molar-refractivity contribution in [2.75, 3.05) is 5.32 Å². The van der Waals surface area contributed by atoms with Gasteiger partial charge >= 0.3 is 5.97 Å². The molecule has 0 bridgehead atoms. The summed E-state index contributed by atoms with van der Waals surface area (Å²) in [6.45, 7) is 0. The predicted octanol–water partition coefficient (Wildman–Crippen LogP) is 1.52. The third kappa shape index (κ3) is 4.40. The van der Waals surface area contributed by atoms with E-state index in [2.05, 4.69) is 15.5 Å². The Hall–Kier alpha value is -2.18. The number of nitrogens with one attached hydrogen (secondary N) is 2. The highest BCUT2D eigenvalue weighted by Crippen LogP contribution is 2.42. The number of carboxylic acids is 1. The summed E-state index contributed by atoms with van der Waals surface area (Å²) in [4.78, 5) is 34.1. The molecule has 1 saturated carbocycles. The van der Waals surface area contributed by atoms with Gasteiger partial charge in [0.05, 0.1) is 6.42 Å². The molecule has 114 valence electrons. The van der Waals surface area contributed by atoms with Crippen molar-refractivity contribution in [3.8, 4) is 0 Å². The zero-order valence-corrected chi connectivity index (χ0v) is 11.7. The van der Waals surface area contributed by atoms with Gasteiger partial charge in [0.1, 0.15) is 0 Å². The molecule has 1 amide bonds. The van der Waals surface area contributed by atoms with E-state index in [0.29, 0.717) is 0 Å². The number of aromatic nitrogens is 2. The molecule has 0 spiro atoms. The second-order valence-electron chi connectivity index (χ2n) is 5.66. The molecule has 2 rings (SSSR count). The minimum Gasteiger partial charge on any atom is -0.481 e. The highest BCUT2D eigenvalue weighted by Gasteiger charge is 2.36. The summed E-state index contributed by atoms with van der Waals surface area (Å²) in [7, 11) is 0. The normalized spacial score (nSPS) is 17.1. The smallest absolute Gasteiger partial charge is 0.303 e. The van der Waals surface area contributed by atoms with Gasteiger partial charge in [-0.25, -0.2) is 5.10 Å². The Morgan fingerprint density at radius 3 is 2.52 bits per heavy atom. The average molecular weight is 293 g/mol. The van der Waals surface area contributed by atoms with E-state index in [1.165, 1.54) is 12.1 Å². The van der Waals surface area contributed by atoms with Crippen molar-refractivity contribution in [3.05, 3.63) is 22.5 Å². The van der Waals surface area contributed by atoms with Crippen molar-refractivity contribution in [3.63, 3.8) is 0 Å². The molecule has 0 aliphatic heterocycles. The summed E-state index contributed by atoms with van der Waals surface area (Å²) in [6, 6.07) is 2.69. The number of rotatable bonds is 5. The van der Waals surface area contributed by atoms with Gasteiger partial charge in [-0.1, -0.05) is 19.3 Å². The van der Waals surface area contributed by atoms with Gasteiger partial charge in [0, 0.05) is 12.5 Å². The SMILES string of the molecule is O=C(O)CC1(CC(=O)Nc2ccc(=O)[nH]n2)CCCCC1. The first-order valence-corrected chi connectivity index (χ1v) is 7.07. The van der Waals surface area contributed by atoms with Gasteiger partial charge in [0.15, 0.2) is 5.82 Å². The van der Waals surface area contributed by atoms with Gasteiger partial charge < -0.3 is 10.4 Å². The van der Waals surface area contributed by atoms with Crippen molar-refractivity contribution < 1.29 is 14.7 Å². The Kier molecular flexibility index (Phi) is 4.72. The molecule has 1 fully saturated rings. The van der Waals surface area contributed by atoms with Gasteiger partial charge in [-0.3, -0.25) is 14.4 Å². The second-order valence-corrected chi connectivity index (χ2v) is 5.66. The van der Waals surface area contributed by atoms with Crippen LogP contribution in [0.15, 0.2) is 16.9 Å². The molecule has 1 heterocycles. The molecule has 3 N–H and O–H groups in total. The number of carboxylic acid groups (broad SMARTS) is 1. The Balaban J connectivity index is 2.02. The van der Waals surface area contributed by atoms with Gasteiger partial charge in [0.2, 0.25) is 5.91 Å². The van der Waals surface area contributed by atoms with E-state index in [4.69, 9.17) is 5.11 Å². The molecule has 1 aromatic rings. The minimum atomic E-state index is -0.869. The molecular weight excluding hydrogens is 274 g/mol. The van der Waals surface area contributed by atoms with E-state index in [1.807, 2.05) is 0 Å². The first kappa shape index (κ1) is 15.2. The number of nitrogens with zero attached hydrogens (tertiary/aromatic N) is 1. The van der Waals surface area contributed by atoms with Crippen LogP contribution in [0.5, 0.6) is 0 Å². The number of hydrogen-bond acceptors (Lipinski definition) is 4. The molecule has 1 aliphatic carbocycles. The van der Waals surface area contributed by atoms with Crippen LogP contribution in [0.1, 0.15) is 44.9 Å². The molecule has 0 aromatic carbocycles. The number of carbonyl (C=O) groups is 2. The second kappa shape index (κ2) is 6.51. The highest BCUT2D eigenvalue weighted by atomic mass is 16.4.